The summed E-state index contributed by atoms with van der Waals surface area (Å²) in [6, 6.07) is 2.12. The molecule has 0 aliphatic heterocycles. The average molecular weight is 249 g/mol. The highest BCUT2D eigenvalue weighted by molar-refractivity contribution is 8.45. The molecular weight excluding hydrogens is 237 g/mol. The van der Waals surface area contributed by atoms with Crippen molar-refractivity contribution in [2.45, 2.75) is 18.7 Å². The second kappa shape index (κ2) is 3.26. The van der Waals surface area contributed by atoms with Gasteiger partial charge in [0.25, 0.3) is 0 Å². The van der Waals surface area contributed by atoms with Crippen LogP contribution in [0.1, 0.15) is 13.8 Å². The van der Waals surface area contributed by atoms with Gasteiger partial charge >= 0.3 is 10.2 Å². The van der Waals surface area contributed by atoms with Gasteiger partial charge in [0.1, 0.15) is 4.90 Å². The lowest BCUT2D eigenvalue weighted by molar-refractivity contribution is 0.364. The first-order valence-electron chi connectivity index (χ1n) is 4.09. The fourth-order valence-corrected chi connectivity index (χ4v) is 1.38. The van der Waals surface area contributed by atoms with Crippen LogP contribution in [0.25, 0.3) is 0 Å². The predicted molar refractivity (Wildman–Crippen MR) is 53.6 cm³/mol. The van der Waals surface area contributed by atoms with E-state index in [0.29, 0.717) is 0 Å². The maximum atomic E-state index is 12.0. The third-order valence-electron chi connectivity index (χ3n) is 1.33. The van der Waals surface area contributed by atoms with Crippen molar-refractivity contribution in [3.05, 3.63) is 24.3 Å². The molecule has 0 bridgehead atoms. The van der Waals surface area contributed by atoms with Crippen LogP contribution in [-0.4, -0.2) is 0 Å². The van der Waals surface area contributed by atoms with E-state index in [-0.39, 0.29) is 17.8 Å². The maximum Gasteiger partial charge on any atom is 0.310 e. The Bertz CT molecular complexity index is 327. The Morgan fingerprint density at radius 1 is 0.867 bits per heavy atom. The Labute approximate surface area is 84.8 Å². The molecule has 1 rings (SSSR count). The van der Waals surface area contributed by atoms with Gasteiger partial charge in [-0.15, -0.1) is 0 Å². The molecule has 0 aromatic heterocycles. The molecule has 0 unspecified atom stereocenters. The maximum absolute atomic E-state index is 12.0. The molecule has 0 aliphatic rings. The average Bonchev–Trinajstić information content (AvgIpc) is 2.04. The van der Waals surface area contributed by atoms with Gasteiger partial charge in [-0.2, -0.15) is 0 Å². The van der Waals surface area contributed by atoms with Crippen molar-refractivity contribution >= 4 is 15.9 Å². The first-order chi connectivity index (χ1) is 6.49. The van der Waals surface area contributed by atoms with E-state index in [1.165, 1.54) is 0 Å². The molecule has 0 heterocycles. The van der Waals surface area contributed by atoms with Crippen molar-refractivity contribution in [2.75, 3.05) is 5.73 Å². The number of anilines is 1. The normalized spacial score (nSPS) is 15.7. The lowest BCUT2D eigenvalue weighted by Gasteiger charge is -2.40. The van der Waals surface area contributed by atoms with Crippen molar-refractivity contribution in [1.82, 2.24) is 0 Å². The van der Waals surface area contributed by atoms with E-state index in [9.17, 15) is 19.4 Å². The highest BCUT2D eigenvalue weighted by Crippen LogP contribution is 3.02. The van der Waals surface area contributed by atoms with Gasteiger partial charge in [0.05, 0.1) is 0 Å². The summed E-state index contributed by atoms with van der Waals surface area (Å²) in [6.07, 6.45) is 0. The monoisotopic (exact) mass is 249 g/mol. The summed E-state index contributed by atoms with van der Waals surface area (Å²) in [5.74, 6) is 0. The third-order valence-corrected chi connectivity index (χ3v) is 2.49. The van der Waals surface area contributed by atoms with Crippen LogP contribution in [0.15, 0.2) is 29.2 Å². The van der Waals surface area contributed by atoms with Crippen molar-refractivity contribution in [3.8, 4) is 0 Å². The molecule has 0 aliphatic carbocycles. The summed E-state index contributed by atoms with van der Waals surface area (Å²) >= 11 is 0. The van der Waals surface area contributed by atoms with Crippen LogP contribution >= 0.6 is 10.2 Å². The van der Waals surface area contributed by atoms with Gasteiger partial charge < -0.3 is 5.73 Å². The van der Waals surface area contributed by atoms with Gasteiger partial charge in [0.2, 0.25) is 0 Å². The van der Waals surface area contributed by atoms with Crippen LogP contribution in [0.2, 0.25) is 0 Å². The molecule has 2 N–H and O–H groups in total. The number of rotatable bonds is 1. The Hall–Kier alpha value is -0.980. The zero-order valence-corrected chi connectivity index (χ0v) is 9.00. The molecule has 0 amide bonds. The smallest absolute Gasteiger partial charge is 0.310 e. The molecule has 0 radical (unpaired) electrons. The first-order valence-corrected chi connectivity index (χ1v) is 6.04. The summed E-state index contributed by atoms with van der Waals surface area (Å²) in [7, 11) is -9.51. The SMILES string of the molecule is CC.Nc1ccc(S(F)(F)(F)(F)F)cc1. The second-order valence-corrected chi connectivity index (χ2v) is 4.95. The van der Waals surface area contributed by atoms with Crippen LogP contribution in [0.3, 0.4) is 0 Å². The van der Waals surface area contributed by atoms with E-state index in [0.717, 1.165) is 12.1 Å². The Morgan fingerprint density at radius 3 is 1.47 bits per heavy atom. The van der Waals surface area contributed by atoms with Gasteiger partial charge in [0.15, 0.2) is 0 Å². The third kappa shape index (κ3) is 4.37. The molecule has 0 spiro atoms. The molecule has 1 nitrogen and oxygen atoms in total. The Morgan fingerprint density at radius 2 is 1.20 bits per heavy atom. The van der Waals surface area contributed by atoms with Gasteiger partial charge in [-0.1, -0.05) is 33.3 Å². The lowest BCUT2D eigenvalue weighted by Crippen LogP contribution is -2.05. The number of hydrogen-bond donors (Lipinski definition) is 1. The summed E-state index contributed by atoms with van der Waals surface area (Å²) in [6.45, 7) is 4.00. The van der Waals surface area contributed by atoms with E-state index in [2.05, 4.69) is 0 Å². The zero-order chi connectivity index (χ0) is 12.4. The van der Waals surface area contributed by atoms with E-state index >= 15 is 0 Å². The lowest BCUT2D eigenvalue weighted by atomic mass is 10.3. The summed E-state index contributed by atoms with van der Waals surface area (Å²) in [4.78, 5) is -1.92. The molecule has 1 aromatic carbocycles. The topological polar surface area (TPSA) is 26.0 Å². The molecular formula is C8H12F5NS. The number of nitrogens with two attached hydrogens (primary N) is 1. The summed E-state index contributed by atoms with van der Waals surface area (Å²) in [5, 5.41) is 0. The number of nitrogen functional groups attached to an aromatic ring is 1. The predicted octanol–water partition coefficient (Wildman–Crippen LogP) is 4.95. The van der Waals surface area contributed by atoms with Crippen LogP contribution in [0.4, 0.5) is 25.1 Å². The Balaban J connectivity index is 0.000000921. The van der Waals surface area contributed by atoms with Crippen molar-refractivity contribution in [1.29, 1.82) is 0 Å². The fraction of sp³-hybridized carbons (Fsp3) is 0.250. The Kier molecular flexibility index (Phi) is 3.05. The van der Waals surface area contributed by atoms with Crippen LogP contribution in [0.5, 0.6) is 0 Å². The summed E-state index contributed by atoms with van der Waals surface area (Å²) < 4.78 is 60.2. The minimum Gasteiger partial charge on any atom is -0.399 e. The van der Waals surface area contributed by atoms with Crippen molar-refractivity contribution < 1.29 is 19.4 Å². The van der Waals surface area contributed by atoms with Gasteiger partial charge in [0, 0.05) is 5.69 Å². The van der Waals surface area contributed by atoms with Crippen LogP contribution in [-0.2, 0) is 0 Å². The largest absolute Gasteiger partial charge is 0.399 e. The fourth-order valence-electron chi connectivity index (χ4n) is 0.725. The van der Waals surface area contributed by atoms with E-state index in [1.807, 2.05) is 13.8 Å². The van der Waals surface area contributed by atoms with Crippen molar-refractivity contribution in [3.63, 3.8) is 0 Å². The minimum atomic E-state index is -9.51. The van der Waals surface area contributed by atoms with E-state index in [4.69, 9.17) is 5.73 Å². The zero-order valence-electron chi connectivity index (χ0n) is 8.18. The van der Waals surface area contributed by atoms with E-state index < -0.39 is 15.1 Å². The van der Waals surface area contributed by atoms with Gasteiger partial charge in [-0.05, 0) is 24.3 Å². The summed E-state index contributed by atoms with van der Waals surface area (Å²) in [5.41, 5.74) is 5.06. The molecule has 0 saturated carbocycles. The van der Waals surface area contributed by atoms with Gasteiger partial charge in [-0.3, -0.25) is 0 Å². The first kappa shape index (κ1) is 14.0. The highest BCUT2D eigenvalue weighted by atomic mass is 32.5. The number of hydrogen-bond acceptors (Lipinski definition) is 1. The van der Waals surface area contributed by atoms with E-state index in [1.54, 1.807) is 0 Å². The molecule has 90 valence electrons. The van der Waals surface area contributed by atoms with Crippen molar-refractivity contribution in [2.24, 2.45) is 0 Å². The quantitative estimate of drug-likeness (QED) is 0.553. The standard InChI is InChI=1S/C6H6F5NS.C2H6/c7-13(8,9,10,11)6-3-1-5(12)2-4-6;1-2/h1-4H,12H2;1-2H3. The molecule has 0 fully saturated rings. The number of benzene rings is 1. The molecule has 0 atom stereocenters. The highest BCUT2D eigenvalue weighted by Gasteiger charge is 2.65. The van der Waals surface area contributed by atoms with Crippen LogP contribution < -0.4 is 5.73 Å². The molecule has 0 saturated heterocycles. The van der Waals surface area contributed by atoms with Crippen LogP contribution in [0, 0.1) is 0 Å². The minimum absolute atomic E-state index is 0.00519. The second-order valence-electron chi connectivity index (χ2n) is 2.54. The molecule has 15 heavy (non-hydrogen) atoms. The molecule has 1 aromatic rings. The van der Waals surface area contributed by atoms with Gasteiger partial charge in [-0.25, -0.2) is 0 Å². The number of halogens is 5. The molecule has 7 heteroatoms.